The van der Waals surface area contributed by atoms with Crippen molar-refractivity contribution in [1.29, 1.82) is 0 Å². The van der Waals surface area contributed by atoms with Crippen LogP contribution in [0.15, 0.2) is 18.2 Å². The van der Waals surface area contributed by atoms with E-state index < -0.39 is 0 Å². The monoisotopic (exact) mass is 244 g/mol. The molecule has 96 valence electrons. The third kappa shape index (κ3) is 2.26. The minimum atomic E-state index is 0.725. The van der Waals surface area contributed by atoms with E-state index in [1.807, 2.05) is 6.92 Å². The number of rotatable bonds is 4. The molecule has 0 saturated carbocycles. The summed E-state index contributed by atoms with van der Waals surface area (Å²) in [6.45, 7) is 5.38. The van der Waals surface area contributed by atoms with E-state index >= 15 is 0 Å². The van der Waals surface area contributed by atoms with Crippen LogP contribution in [0.3, 0.4) is 0 Å². The van der Waals surface area contributed by atoms with E-state index in [0.717, 1.165) is 49.0 Å². The molecule has 0 unspecified atom stereocenters. The Hall–Kier alpha value is -1.39. The van der Waals surface area contributed by atoms with Crippen molar-refractivity contribution >= 4 is 11.0 Å². The first-order valence-electron chi connectivity index (χ1n) is 6.58. The lowest BCUT2D eigenvalue weighted by Crippen LogP contribution is -2.56. The van der Waals surface area contributed by atoms with E-state index in [0.29, 0.717) is 0 Å². The van der Waals surface area contributed by atoms with Crippen molar-refractivity contribution < 1.29 is 0 Å². The summed E-state index contributed by atoms with van der Waals surface area (Å²) < 4.78 is 0. The zero-order chi connectivity index (χ0) is 12.5. The molecule has 0 aliphatic carbocycles. The first-order chi connectivity index (χ1) is 8.72. The third-order valence-corrected chi connectivity index (χ3v) is 3.80. The Bertz CT molecular complexity index is 542. The predicted octanol–water partition coefficient (Wildman–Crippen LogP) is 1.32. The number of nitrogens with one attached hydrogen (secondary N) is 2. The van der Waals surface area contributed by atoms with Crippen LogP contribution in [0, 0.1) is 6.92 Å². The molecule has 1 fully saturated rings. The summed E-state index contributed by atoms with van der Waals surface area (Å²) in [5, 5.41) is 3.31. The second-order valence-corrected chi connectivity index (χ2v) is 5.22. The van der Waals surface area contributed by atoms with Crippen LogP contribution in [0.25, 0.3) is 11.0 Å². The fraction of sp³-hybridized carbons (Fsp3) is 0.500. The van der Waals surface area contributed by atoms with Gasteiger partial charge in [-0.05, 0) is 38.1 Å². The number of hydrogen-bond donors (Lipinski definition) is 2. The molecule has 2 N–H and O–H groups in total. The molecule has 0 amide bonds. The van der Waals surface area contributed by atoms with Gasteiger partial charge in [-0.25, -0.2) is 4.98 Å². The second kappa shape index (κ2) is 4.71. The van der Waals surface area contributed by atoms with E-state index in [4.69, 9.17) is 0 Å². The van der Waals surface area contributed by atoms with E-state index in [9.17, 15) is 0 Å². The van der Waals surface area contributed by atoms with Gasteiger partial charge in [-0.2, -0.15) is 0 Å². The zero-order valence-electron chi connectivity index (χ0n) is 11.0. The predicted molar refractivity (Wildman–Crippen MR) is 73.8 cm³/mol. The largest absolute Gasteiger partial charge is 0.342 e. The van der Waals surface area contributed by atoms with Crippen LogP contribution in [0.5, 0.6) is 0 Å². The highest BCUT2D eigenvalue weighted by Gasteiger charge is 2.20. The molecular formula is C14H20N4. The molecule has 0 spiro atoms. The van der Waals surface area contributed by atoms with Crippen molar-refractivity contribution in [2.45, 2.75) is 19.4 Å². The van der Waals surface area contributed by atoms with Crippen molar-refractivity contribution in [3.8, 4) is 0 Å². The van der Waals surface area contributed by atoms with Gasteiger partial charge >= 0.3 is 0 Å². The molecule has 0 radical (unpaired) electrons. The number of likely N-dealkylation sites (N-methyl/N-ethyl adjacent to an activating group) is 1. The molecule has 0 bridgehead atoms. The maximum Gasteiger partial charge on any atom is 0.104 e. The van der Waals surface area contributed by atoms with Crippen molar-refractivity contribution in [2.24, 2.45) is 0 Å². The lowest BCUT2D eigenvalue weighted by molar-refractivity contribution is 0.182. The van der Waals surface area contributed by atoms with E-state index in [-0.39, 0.29) is 0 Å². The quantitative estimate of drug-likeness (QED) is 0.852. The maximum absolute atomic E-state index is 4.43. The normalized spacial score (nSPS) is 16.4. The van der Waals surface area contributed by atoms with Gasteiger partial charge in [0.05, 0.1) is 11.0 Å². The molecular weight excluding hydrogens is 224 g/mol. The highest BCUT2D eigenvalue weighted by atomic mass is 15.2. The fourth-order valence-corrected chi connectivity index (χ4v) is 2.41. The summed E-state index contributed by atoms with van der Waals surface area (Å²) in [6, 6.07) is 7.25. The summed E-state index contributed by atoms with van der Waals surface area (Å²) >= 11 is 0. The smallest absolute Gasteiger partial charge is 0.104 e. The number of benzene rings is 1. The van der Waals surface area contributed by atoms with Crippen LogP contribution in [-0.2, 0) is 6.42 Å². The van der Waals surface area contributed by atoms with Crippen molar-refractivity contribution in [3.63, 3.8) is 0 Å². The van der Waals surface area contributed by atoms with Crippen LogP contribution >= 0.6 is 0 Å². The summed E-state index contributed by atoms with van der Waals surface area (Å²) in [6.07, 6.45) is 1.10. The van der Waals surface area contributed by atoms with Gasteiger partial charge in [0, 0.05) is 25.7 Å². The van der Waals surface area contributed by atoms with E-state index in [2.05, 4.69) is 45.4 Å². The standard InChI is InChI=1S/C14H20N4/c1-10-16-13-4-3-11(7-14(13)17-10)5-6-18(2)12-8-15-9-12/h3-4,7,12,15H,5-6,8-9H2,1-2H3,(H,16,17). The number of imidazole rings is 1. The lowest BCUT2D eigenvalue weighted by Gasteiger charge is -2.35. The Labute approximate surface area is 107 Å². The molecule has 1 aliphatic heterocycles. The summed E-state index contributed by atoms with van der Waals surface area (Å²) in [4.78, 5) is 10.2. The minimum absolute atomic E-state index is 0.725. The fourth-order valence-electron chi connectivity index (χ4n) is 2.41. The Morgan fingerprint density at radius 2 is 2.22 bits per heavy atom. The summed E-state index contributed by atoms with van der Waals surface area (Å²) in [7, 11) is 2.21. The Morgan fingerprint density at radius 1 is 1.39 bits per heavy atom. The molecule has 0 atom stereocenters. The van der Waals surface area contributed by atoms with E-state index in [1.54, 1.807) is 0 Å². The van der Waals surface area contributed by atoms with Crippen molar-refractivity contribution in [2.75, 3.05) is 26.7 Å². The van der Waals surface area contributed by atoms with Gasteiger partial charge < -0.3 is 15.2 Å². The topological polar surface area (TPSA) is 44.0 Å². The number of aryl methyl sites for hydroxylation is 1. The van der Waals surface area contributed by atoms with E-state index in [1.165, 1.54) is 5.56 Å². The van der Waals surface area contributed by atoms with Gasteiger partial charge in [0.1, 0.15) is 5.82 Å². The summed E-state index contributed by atoms with van der Waals surface area (Å²) in [5.41, 5.74) is 3.59. The van der Waals surface area contributed by atoms with Gasteiger partial charge in [0.25, 0.3) is 0 Å². The van der Waals surface area contributed by atoms with Crippen LogP contribution in [0.4, 0.5) is 0 Å². The Kier molecular flexibility index (Phi) is 3.06. The van der Waals surface area contributed by atoms with Gasteiger partial charge in [0.2, 0.25) is 0 Å². The number of hydrogen-bond acceptors (Lipinski definition) is 3. The molecule has 4 heteroatoms. The number of aromatic nitrogens is 2. The van der Waals surface area contributed by atoms with Gasteiger partial charge in [-0.1, -0.05) is 6.07 Å². The second-order valence-electron chi connectivity index (χ2n) is 5.22. The van der Waals surface area contributed by atoms with Gasteiger partial charge in [-0.15, -0.1) is 0 Å². The molecule has 2 aromatic rings. The highest BCUT2D eigenvalue weighted by molar-refractivity contribution is 5.75. The van der Waals surface area contributed by atoms with Gasteiger partial charge in [-0.3, -0.25) is 0 Å². The lowest BCUT2D eigenvalue weighted by atomic mass is 10.1. The average molecular weight is 244 g/mol. The summed E-state index contributed by atoms with van der Waals surface area (Å²) in [5.74, 6) is 0.986. The number of H-pyrrole nitrogens is 1. The van der Waals surface area contributed by atoms with Crippen LogP contribution in [0.1, 0.15) is 11.4 Å². The van der Waals surface area contributed by atoms with Crippen LogP contribution in [-0.4, -0.2) is 47.6 Å². The van der Waals surface area contributed by atoms with Crippen molar-refractivity contribution in [1.82, 2.24) is 20.2 Å². The molecule has 2 heterocycles. The first-order valence-corrected chi connectivity index (χ1v) is 6.58. The highest BCUT2D eigenvalue weighted by Crippen LogP contribution is 2.14. The first kappa shape index (κ1) is 11.7. The molecule has 1 saturated heterocycles. The molecule has 1 aromatic heterocycles. The zero-order valence-corrected chi connectivity index (χ0v) is 11.0. The SMILES string of the molecule is Cc1nc2ccc(CCN(C)C3CNC3)cc2[nH]1. The number of nitrogens with zero attached hydrogens (tertiary/aromatic N) is 2. The number of aromatic amines is 1. The minimum Gasteiger partial charge on any atom is -0.342 e. The Morgan fingerprint density at radius 3 is 2.94 bits per heavy atom. The Balaban J connectivity index is 1.66. The number of fused-ring (bicyclic) bond motifs is 1. The van der Waals surface area contributed by atoms with Crippen molar-refractivity contribution in [3.05, 3.63) is 29.6 Å². The average Bonchev–Trinajstić information content (AvgIpc) is 2.63. The third-order valence-electron chi connectivity index (χ3n) is 3.80. The molecule has 3 rings (SSSR count). The molecule has 1 aliphatic rings. The molecule has 4 nitrogen and oxygen atoms in total. The molecule has 18 heavy (non-hydrogen) atoms. The van der Waals surface area contributed by atoms with Crippen LogP contribution in [0.2, 0.25) is 0 Å². The maximum atomic E-state index is 4.43. The van der Waals surface area contributed by atoms with Gasteiger partial charge in [0.15, 0.2) is 0 Å². The van der Waals surface area contributed by atoms with Crippen LogP contribution < -0.4 is 5.32 Å². The molecule has 1 aromatic carbocycles.